The van der Waals surface area contributed by atoms with Crippen LogP contribution in [0.15, 0.2) is 0 Å². The van der Waals surface area contributed by atoms with Crippen LogP contribution in [-0.4, -0.2) is 24.6 Å². The molecule has 4 nitrogen and oxygen atoms in total. The van der Waals surface area contributed by atoms with E-state index in [1.165, 1.54) is 0 Å². The zero-order valence-electron chi connectivity index (χ0n) is 12.6. The van der Waals surface area contributed by atoms with Crippen molar-refractivity contribution < 1.29 is 19.1 Å². The lowest BCUT2D eigenvalue weighted by Gasteiger charge is -2.38. The first kappa shape index (κ1) is 13.9. The number of carbonyl (C=O) groups excluding carboxylic acids is 2. The summed E-state index contributed by atoms with van der Waals surface area (Å²) in [7, 11) is 0. The summed E-state index contributed by atoms with van der Waals surface area (Å²) in [4.78, 5) is 23.9. The minimum atomic E-state index is -0.428. The van der Waals surface area contributed by atoms with Crippen LogP contribution in [0.25, 0.3) is 0 Å². The van der Waals surface area contributed by atoms with E-state index in [4.69, 9.17) is 9.47 Å². The van der Waals surface area contributed by atoms with Crippen LogP contribution in [-0.2, 0) is 19.1 Å². The Morgan fingerprint density at radius 2 is 2.05 bits per heavy atom. The van der Waals surface area contributed by atoms with E-state index >= 15 is 0 Å². The van der Waals surface area contributed by atoms with Crippen molar-refractivity contribution in [2.75, 3.05) is 6.61 Å². The highest BCUT2D eigenvalue weighted by atomic mass is 16.6. The molecule has 0 amide bonds. The first-order chi connectivity index (χ1) is 9.42. The van der Waals surface area contributed by atoms with Gasteiger partial charge in [-0.1, -0.05) is 6.92 Å². The average molecular weight is 280 g/mol. The first-order valence-corrected chi connectivity index (χ1v) is 7.79. The van der Waals surface area contributed by atoms with Crippen LogP contribution in [0.5, 0.6) is 0 Å². The molecule has 5 atom stereocenters. The van der Waals surface area contributed by atoms with E-state index in [1.807, 2.05) is 20.8 Å². The maximum Gasteiger partial charge on any atom is 0.311 e. The molecular weight excluding hydrogens is 256 g/mol. The number of fused-ring (bicyclic) bond motifs is 3. The Balaban J connectivity index is 1.75. The quantitative estimate of drug-likeness (QED) is 0.746. The molecule has 2 saturated carbocycles. The fraction of sp³-hybridized carbons (Fsp3) is 0.875. The van der Waals surface area contributed by atoms with Crippen molar-refractivity contribution in [1.29, 1.82) is 0 Å². The molecular formula is C16H24O4. The summed E-state index contributed by atoms with van der Waals surface area (Å²) in [5.74, 6) is 1.33. The first-order valence-electron chi connectivity index (χ1n) is 7.79. The molecule has 0 N–H and O–H groups in total. The third-order valence-corrected chi connectivity index (χ3v) is 5.78. The molecule has 0 spiro atoms. The average Bonchev–Trinajstić information content (AvgIpc) is 2.93. The van der Waals surface area contributed by atoms with Gasteiger partial charge in [-0.2, -0.15) is 0 Å². The highest BCUT2D eigenvalue weighted by Gasteiger charge is 2.56. The lowest BCUT2D eigenvalue weighted by Crippen LogP contribution is -2.44. The van der Waals surface area contributed by atoms with Gasteiger partial charge in [0, 0.05) is 18.3 Å². The lowest BCUT2D eigenvalue weighted by atomic mass is 9.77. The molecule has 0 aromatic rings. The number of hydrogen-bond donors (Lipinski definition) is 0. The number of rotatable bonds is 3. The van der Waals surface area contributed by atoms with Gasteiger partial charge in [-0.15, -0.1) is 0 Å². The Morgan fingerprint density at radius 1 is 1.30 bits per heavy atom. The van der Waals surface area contributed by atoms with E-state index in [9.17, 15) is 9.59 Å². The zero-order valence-corrected chi connectivity index (χ0v) is 12.6. The van der Waals surface area contributed by atoms with Crippen LogP contribution < -0.4 is 0 Å². The molecule has 3 bridgehead atoms. The molecule has 3 rings (SSSR count). The molecule has 0 radical (unpaired) electrons. The number of carbonyl (C=O) groups is 2. The Labute approximate surface area is 120 Å². The maximum absolute atomic E-state index is 12.3. The van der Waals surface area contributed by atoms with Crippen molar-refractivity contribution in [3.8, 4) is 0 Å². The second-order valence-corrected chi connectivity index (χ2v) is 7.31. The Bertz CT molecular complexity index is 426. The predicted octanol–water partition coefficient (Wildman–Crippen LogP) is 2.55. The molecule has 3 fully saturated rings. The molecule has 2 aliphatic carbocycles. The monoisotopic (exact) mass is 280 g/mol. The molecule has 0 aromatic carbocycles. The van der Waals surface area contributed by atoms with Crippen LogP contribution in [0.3, 0.4) is 0 Å². The molecule has 3 aliphatic rings. The zero-order chi connectivity index (χ0) is 14.5. The van der Waals surface area contributed by atoms with E-state index in [1.54, 1.807) is 0 Å². The molecule has 0 aromatic heterocycles. The van der Waals surface area contributed by atoms with Crippen molar-refractivity contribution >= 4 is 11.9 Å². The summed E-state index contributed by atoms with van der Waals surface area (Å²) in [5, 5.41) is 0. The normalized spacial score (nSPS) is 39.4. The summed E-state index contributed by atoms with van der Waals surface area (Å²) in [6.07, 6.45) is 3.44. The summed E-state index contributed by atoms with van der Waals surface area (Å²) < 4.78 is 11.2. The summed E-state index contributed by atoms with van der Waals surface area (Å²) in [6, 6.07) is 0. The number of ether oxygens (including phenoxy) is 2. The molecule has 5 unspecified atom stereocenters. The third kappa shape index (κ3) is 2.13. The fourth-order valence-corrected chi connectivity index (χ4v) is 4.07. The van der Waals surface area contributed by atoms with Gasteiger partial charge in [-0.25, -0.2) is 0 Å². The summed E-state index contributed by atoms with van der Waals surface area (Å²) in [5.41, 5.74) is -0.428. The number of esters is 2. The SMILES string of the molecule is CCC(C)(C)C(=O)OC1C2COC(=O)CC3CC2CC31. The van der Waals surface area contributed by atoms with Gasteiger partial charge in [-0.3, -0.25) is 9.59 Å². The van der Waals surface area contributed by atoms with Crippen LogP contribution in [0.1, 0.15) is 46.5 Å². The van der Waals surface area contributed by atoms with E-state index in [0.29, 0.717) is 30.8 Å². The van der Waals surface area contributed by atoms with Crippen LogP contribution in [0, 0.1) is 29.1 Å². The van der Waals surface area contributed by atoms with Gasteiger partial charge in [-0.05, 0) is 44.9 Å². The fourth-order valence-electron chi connectivity index (χ4n) is 4.07. The van der Waals surface area contributed by atoms with Gasteiger partial charge < -0.3 is 9.47 Å². The third-order valence-electron chi connectivity index (χ3n) is 5.78. The Morgan fingerprint density at radius 3 is 2.75 bits per heavy atom. The highest BCUT2D eigenvalue weighted by Crippen LogP contribution is 2.55. The van der Waals surface area contributed by atoms with Gasteiger partial charge in [0.2, 0.25) is 0 Å². The Hall–Kier alpha value is -1.06. The standard InChI is InChI=1S/C16H24O4/c1-4-16(2,3)15(18)20-14-11-6-9-5-10(11)7-13(17)19-8-12(9)14/h9-12,14H,4-8H2,1-3H3. The highest BCUT2D eigenvalue weighted by molar-refractivity contribution is 5.76. The van der Waals surface area contributed by atoms with Crippen LogP contribution >= 0.6 is 0 Å². The number of cyclic esters (lactones) is 1. The van der Waals surface area contributed by atoms with E-state index in [0.717, 1.165) is 19.3 Å². The maximum atomic E-state index is 12.3. The largest absolute Gasteiger partial charge is 0.465 e. The van der Waals surface area contributed by atoms with Crippen LogP contribution in [0.2, 0.25) is 0 Å². The van der Waals surface area contributed by atoms with E-state index < -0.39 is 5.41 Å². The molecule has 1 saturated heterocycles. The van der Waals surface area contributed by atoms with Crippen molar-refractivity contribution in [1.82, 2.24) is 0 Å². The second kappa shape index (κ2) is 4.74. The van der Waals surface area contributed by atoms with Crippen molar-refractivity contribution in [3.63, 3.8) is 0 Å². The summed E-state index contributed by atoms with van der Waals surface area (Å²) in [6.45, 7) is 6.30. The number of hydrogen-bond acceptors (Lipinski definition) is 4. The van der Waals surface area contributed by atoms with Crippen LogP contribution in [0.4, 0.5) is 0 Å². The molecule has 4 heteroatoms. The van der Waals surface area contributed by atoms with Crippen molar-refractivity contribution in [3.05, 3.63) is 0 Å². The molecule has 20 heavy (non-hydrogen) atoms. The molecule has 112 valence electrons. The predicted molar refractivity (Wildman–Crippen MR) is 72.7 cm³/mol. The minimum Gasteiger partial charge on any atom is -0.465 e. The summed E-state index contributed by atoms with van der Waals surface area (Å²) >= 11 is 0. The second-order valence-electron chi connectivity index (χ2n) is 7.31. The molecule has 1 aliphatic heterocycles. The van der Waals surface area contributed by atoms with E-state index in [2.05, 4.69) is 0 Å². The van der Waals surface area contributed by atoms with Gasteiger partial charge in [0.05, 0.1) is 12.0 Å². The topological polar surface area (TPSA) is 52.6 Å². The van der Waals surface area contributed by atoms with Gasteiger partial charge in [0.15, 0.2) is 0 Å². The Kier molecular flexibility index (Phi) is 3.30. The van der Waals surface area contributed by atoms with Gasteiger partial charge in [0.25, 0.3) is 0 Å². The smallest absolute Gasteiger partial charge is 0.311 e. The lowest BCUT2D eigenvalue weighted by molar-refractivity contribution is -0.173. The van der Waals surface area contributed by atoms with Gasteiger partial charge in [0.1, 0.15) is 6.10 Å². The van der Waals surface area contributed by atoms with E-state index in [-0.39, 0.29) is 24.0 Å². The van der Waals surface area contributed by atoms with Gasteiger partial charge >= 0.3 is 11.9 Å². The molecule has 1 heterocycles. The van der Waals surface area contributed by atoms with Crippen molar-refractivity contribution in [2.45, 2.75) is 52.6 Å². The van der Waals surface area contributed by atoms with Crippen molar-refractivity contribution in [2.24, 2.45) is 29.1 Å². The minimum absolute atomic E-state index is 0.0369.